The summed E-state index contributed by atoms with van der Waals surface area (Å²) in [6, 6.07) is 0. The molecule has 1 rings (SSSR count). The standard InChI is InChI=1S/C13H24N2/c1-2-3-4-5-6-7-8-9-10-13-14-11-12-15-13/h6-7,11,13,15H,2-5,8-10,12H2,1H3/b7-6+. The molecule has 0 fully saturated rings. The van der Waals surface area contributed by atoms with Gasteiger partial charge in [0.25, 0.3) is 0 Å². The fourth-order valence-corrected chi connectivity index (χ4v) is 1.77. The Morgan fingerprint density at radius 2 is 2.07 bits per heavy atom. The molecule has 0 aromatic rings. The van der Waals surface area contributed by atoms with Crippen molar-refractivity contribution in [1.82, 2.24) is 5.32 Å². The van der Waals surface area contributed by atoms with Gasteiger partial charge >= 0.3 is 0 Å². The van der Waals surface area contributed by atoms with Crippen molar-refractivity contribution in [3.05, 3.63) is 12.2 Å². The molecule has 0 bridgehead atoms. The van der Waals surface area contributed by atoms with Crippen LogP contribution < -0.4 is 5.32 Å². The van der Waals surface area contributed by atoms with Gasteiger partial charge in [0, 0.05) is 12.8 Å². The Morgan fingerprint density at radius 1 is 1.27 bits per heavy atom. The van der Waals surface area contributed by atoms with Crippen LogP contribution in [0.25, 0.3) is 0 Å². The Kier molecular flexibility index (Phi) is 7.18. The van der Waals surface area contributed by atoms with Gasteiger partial charge < -0.3 is 0 Å². The third kappa shape index (κ3) is 6.45. The molecule has 0 saturated heterocycles. The van der Waals surface area contributed by atoms with Crippen molar-refractivity contribution >= 4 is 6.21 Å². The van der Waals surface area contributed by atoms with Gasteiger partial charge in [-0.25, -0.2) is 0 Å². The molecular weight excluding hydrogens is 184 g/mol. The molecule has 1 heterocycles. The maximum atomic E-state index is 4.33. The van der Waals surface area contributed by atoms with Crippen LogP contribution in [0.2, 0.25) is 0 Å². The average Bonchev–Trinajstić information content (AvgIpc) is 2.75. The maximum Gasteiger partial charge on any atom is 0.0993 e. The van der Waals surface area contributed by atoms with Crippen molar-refractivity contribution in [3.63, 3.8) is 0 Å². The van der Waals surface area contributed by atoms with E-state index in [9.17, 15) is 0 Å². The van der Waals surface area contributed by atoms with Gasteiger partial charge in [0.15, 0.2) is 0 Å². The molecule has 1 N–H and O–H groups in total. The summed E-state index contributed by atoms with van der Waals surface area (Å²) in [6.45, 7) is 3.20. The number of hydrogen-bond acceptors (Lipinski definition) is 2. The number of aliphatic imine (C=N–C) groups is 1. The number of nitrogens with one attached hydrogen (secondary N) is 1. The van der Waals surface area contributed by atoms with Crippen molar-refractivity contribution in [2.45, 2.75) is 58.0 Å². The van der Waals surface area contributed by atoms with Crippen molar-refractivity contribution in [2.24, 2.45) is 4.99 Å². The van der Waals surface area contributed by atoms with E-state index in [-0.39, 0.29) is 0 Å². The number of nitrogens with zero attached hydrogens (tertiary/aromatic N) is 1. The predicted molar refractivity (Wildman–Crippen MR) is 67.4 cm³/mol. The van der Waals surface area contributed by atoms with Crippen LogP contribution >= 0.6 is 0 Å². The zero-order valence-electron chi connectivity index (χ0n) is 9.91. The van der Waals surface area contributed by atoms with E-state index in [0.29, 0.717) is 6.17 Å². The highest BCUT2D eigenvalue weighted by molar-refractivity contribution is 5.61. The predicted octanol–water partition coefficient (Wildman–Crippen LogP) is 3.29. The van der Waals surface area contributed by atoms with Gasteiger partial charge in [-0.3, -0.25) is 10.3 Å². The number of allylic oxidation sites excluding steroid dienone is 2. The van der Waals surface area contributed by atoms with E-state index in [2.05, 4.69) is 29.4 Å². The first-order valence-corrected chi connectivity index (χ1v) is 6.33. The molecule has 2 heteroatoms. The molecular formula is C13H24N2. The van der Waals surface area contributed by atoms with E-state index in [4.69, 9.17) is 0 Å². The van der Waals surface area contributed by atoms with Gasteiger partial charge in [-0.2, -0.15) is 0 Å². The van der Waals surface area contributed by atoms with Gasteiger partial charge in [0.1, 0.15) is 0 Å². The lowest BCUT2D eigenvalue weighted by Gasteiger charge is -2.05. The second kappa shape index (κ2) is 8.66. The Balaban J connectivity index is 1.85. The second-order valence-electron chi connectivity index (χ2n) is 4.15. The third-order valence-electron chi connectivity index (χ3n) is 2.72. The normalized spacial score (nSPS) is 20.5. The third-order valence-corrected chi connectivity index (χ3v) is 2.72. The highest BCUT2D eigenvalue weighted by Crippen LogP contribution is 2.06. The summed E-state index contributed by atoms with van der Waals surface area (Å²) in [5.74, 6) is 0. The summed E-state index contributed by atoms with van der Waals surface area (Å²) in [4.78, 5) is 4.33. The van der Waals surface area contributed by atoms with Crippen molar-refractivity contribution in [2.75, 3.05) is 6.54 Å². The molecule has 0 aliphatic carbocycles. The second-order valence-corrected chi connectivity index (χ2v) is 4.15. The van der Waals surface area contributed by atoms with E-state index in [1.807, 2.05) is 6.21 Å². The quantitative estimate of drug-likeness (QED) is 0.480. The Labute approximate surface area is 93.9 Å². The Bertz CT molecular complexity index is 197. The summed E-state index contributed by atoms with van der Waals surface area (Å²) >= 11 is 0. The molecule has 0 spiro atoms. The summed E-state index contributed by atoms with van der Waals surface area (Å²) in [7, 11) is 0. The first-order valence-electron chi connectivity index (χ1n) is 6.33. The molecule has 0 aromatic heterocycles. The van der Waals surface area contributed by atoms with E-state index >= 15 is 0 Å². The fourth-order valence-electron chi connectivity index (χ4n) is 1.77. The molecule has 15 heavy (non-hydrogen) atoms. The van der Waals surface area contributed by atoms with Crippen molar-refractivity contribution in [3.8, 4) is 0 Å². The molecule has 0 radical (unpaired) electrons. The largest absolute Gasteiger partial charge is 0.291 e. The first kappa shape index (κ1) is 12.4. The molecule has 1 atom stereocenters. The zero-order valence-corrected chi connectivity index (χ0v) is 9.91. The van der Waals surface area contributed by atoms with E-state index in [0.717, 1.165) is 6.54 Å². The van der Waals surface area contributed by atoms with E-state index in [1.165, 1.54) is 44.9 Å². The highest BCUT2D eigenvalue weighted by atomic mass is 15.1. The summed E-state index contributed by atoms with van der Waals surface area (Å²) in [6.07, 6.45) is 16.0. The van der Waals surface area contributed by atoms with Gasteiger partial charge in [-0.1, -0.05) is 31.9 Å². The minimum atomic E-state index is 0.401. The zero-order chi connectivity index (χ0) is 10.8. The average molecular weight is 208 g/mol. The topological polar surface area (TPSA) is 24.4 Å². The van der Waals surface area contributed by atoms with Crippen molar-refractivity contribution in [1.29, 1.82) is 0 Å². The number of hydrogen-bond donors (Lipinski definition) is 1. The van der Waals surface area contributed by atoms with Crippen LogP contribution in [0.15, 0.2) is 17.1 Å². The lowest BCUT2D eigenvalue weighted by atomic mass is 10.1. The minimum absolute atomic E-state index is 0.401. The van der Waals surface area contributed by atoms with Crippen molar-refractivity contribution < 1.29 is 0 Å². The fraction of sp³-hybridized carbons (Fsp3) is 0.769. The lowest BCUT2D eigenvalue weighted by molar-refractivity contribution is 0.539. The molecule has 86 valence electrons. The van der Waals surface area contributed by atoms with Crippen LogP contribution in [0.5, 0.6) is 0 Å². The molecule has 0 amide bonds. The Morgan fingerprint density at radius 3 is 2.73 bits per heavy atom. The number of unbranched alkanes of at least 4 members (excludes halogenated alkanes) is 4. The molecule has 0 aromatic carbocycles. The van der Waals surface area contributed by atoms with Crippen LogP contribution in [0.1, 0.15) is 51.9 Å². The molecule has 1 aliphatic rings. The van der Waals surface area contributed by atoms with Crippen LogP contribution in [0, 0.1) is 0 Å². The van der Waals surface area contributed by atoms with Crippen LogP contribution in [-0.2, 0) is 0 Å². The van der Waals surface area contributed by atoms with Gasteiger partial charge in [0.2, 0.25) is 0 Å². The lowest BCUT2D eigenvalue weighted by Crippen LogP contribution is -2.21. The van der Waals surface area contributed by atoms with Gasteiger partial charge in [0.05, 0.1) is 6.17 Å². The van der Waals surface area contributed by atoms with E-state index < -0.39 is 0 Å². The molecule has 2 nitrogen and oxygen atoms in total. The molecule has 1 aliphatic heterocycles. The van der Waals surface area contributed by atoms with Crippen LogP contribution in [-0.4, -0.2) is 18.9 Å². The SMILES string of the molecule is CCCCC/C=C/CCCC1N=CCN1. The van der Waals surface area contributed by atoms with Gasteiger partial charge in [-0.15, -0.1) is 0 Å². The number of rotatable bonds is 8. The summed E-state index contributed by atoms with van der Waals surface area (Å²) in [5.41, 5.74) is 0. The highest BCUT2D eigenvalue weighted by Gasteiger charge is 2.06. The summed E-state index contributed by atoms with van der Waals surface area (Å²) in [5, 5.41) is 3.33. The minimum Gasteiger partial charge on any atom is -0.291 e. The van der Waals surface area contributed by atoms with E-state index in [1.54, 1.807) is 0 Å². The molecule has 0 saturated carbocycles. The summed E-state index contributed by atoms with van der Waals surface area (Å²) < 4.78 is 0. The van der Waals surface area contributed by atoms with Crippen LogP contribution in [0.3, 0.4) is 0 Å². The first-order chi connectivity index (χ1) is 7.43. The monoisotopic (exact) mass is 208 g/mol. The molecule has 1 unspecified atom stereocenters. The van der Waals surface area contributed by atoms with Crippen LogP contribution in [0.4, 0.5) is 0 Å². The smallest absolute Gasteiger partial charge is 0.0993 e. The Hall–Kier alpha value is -0.630. The van der Waals surface area contributed by atoms with Gasteiger partial charge in [-0.05, 0) is 32.1 Å². The maximum absolute atomic E-state index is 4.33.